The van der Waals surface area contributed by atoms with Crippen molar-refractivity contribution in [1.82, 2.24) is 13.7 Å². The lowest BCUT2D eigenvalue weighted by molar-refractivity contribution is 1.14. The van der Waals surface area contributed by atoms with E-state index in [9.17, 15) is 0 Å². The van der Waals surface area contributed by atoms with Crippen molar-refractivity contribution in [1.29, 1.82) is 0 Å². The van der Waals surface area contributed by atoms with Crippen molar-refractivity contribution in [3.05, 3.63) is 249 Å². The van der Waals surface area contributed by atoms with E-state index >= 15 is 0 Å². The summed E-state index contributed by atoms with van der Waals surface area (Å²) >= 11 is 1.91. The molecule has 0 aliphatic heterocycles. The van der Waals surface area contributed by atoms with Crippen molar-refractivity contribution < 1.29 is 0 Å². The highest BCUT2D eigenvalue weighted by atomic mass is 32.1. The quantitative estimate of drug-likeness (QED) is 0.153. The Morgan fingerprint density at radius 1 is 0.264 bits per heavy atom. The third kappa shape index (κ3) is 5.67. The van der Waals surface area contributed by atoms with Crippen LogP contribution >= 0.6 is 11.3 Å². The molecule has 0 spiro atoms. The Hall–Kier alpha value is -9.22. The molecule has 0 atom stereocenters. The Labute approximate surface area is 417 Å². The zero-order valence-corrected chi connectivity index (χ0v) is 39.7. The highest BCUT2D eigenvalue weighted by molar-refractivity contribution is 7.26. The summed E-state index contributed by atoms with van der Waals surface area (Å²) in [6, 6.07) is 92.2. The van der Waals surface area contributed by atoms with Gasteiger partial charge in [-0.3, -0.25) is 0 Å². The number of para-hydroxylation sites is 5. The van der Waals surface area contributed by atoms with Crippen molar-refractivity contribution in [3.8, 4) is 39.3 Å². The van der Waals surface area contributed by atoms with Crippen LogP contribution in [0.3, 0.4) is 0 Å². The van der Waals surface area contributed by atoms with E-state index in [0.29, 0.717) is 0 Å². The molecule has 4 aromatic heterocycles. The van der Waals surface area contributed by atoms with Gasteiger partial charge in [0.25, 0.3) is 0 Å². The van der Waals surface area contributed by atoms with Crippen LogP contribution in [0.25, 0.3) is 146 Å². The van der Waals surface area contributed by atoms with E-state index in [1.807, 2.05) is 11.3 Å². The predicted molar refractivity (Wildman–Crippen MR) is 308 cm³/mol. The van der Waals surface area contributed by atoms with Crippen molar-refractivity contribution in [2.75, 3.05) is 0 Å². The zero-order chi connectivity index (χ0) is 47.0. The average Bonchev–Trinajstić information content (AvgIpc) is 4.19. The number of hydrogen-bond donors (Lipinski definition) is 0. The number of thiophene rings is 1. The molecule has 0 amide bonds. The first kappa shape index (κ1) is 39.6. The molecule has 0 saturated carbocycles. The van der Waals surface area contributed by atoms with Crippen LogP contribution in [-0.4, -0.2) is 13.7 Å². The molecule has 72 heavy (non-hydrogen) atoms. The number of nitrogens with zero attached hydrogens (tertiary/aromatic N) is 3. The lowest BCUT2D eigenvalue weighted by Crippen LogP contribution is -1.97. The summed E-state index contributed by atoms with van der Waals surface area (Å²) in [6.07, 6.45) is 0. The summed E-state index contributed by atoms with van der Waals surface area (Å²) in [5, 5.41) is 15.2. The minimum atomic E-state index is 1.13. The van der Waals surface area contributed by atoms with E-state index in [2.05, 4.69) is 262 Å². The van der Waals surface area contributed by atoms with Crippen molar-refractivity contribution in [2.45, 2.75) is 0 Å². The molecule has 0 fully saturated rings. The van der Waals surface area contributed by atoms with Crippen molar-refractivity contribution >= 4 is 118 Å². The Morgan fingerprint density at radius 3 is 1.42 bits per heavy atom. The molecule has 334 valence electrons. The van der Waals surface area contributed by atoms with Crippen LogP contribution in [0, 0.1) is 0 Å². The molecule has 16 aromatic rings. The van der Waals surface area contributed by atoms with Crippen molar-refractivity contribution in [3.63, 3.8) is 0 Å². The molecule has 0 bridgehead atoms. The number of fused-ring (bicyclic) bond motifs is 16. The summed E-state index contributed by atoms with van der Waals surface area (Å²) in [7, 11) is 0. The first-order chi connectivity index (χ1) is 35.7. The Bertz CT molecular complexity index is 4860. The normalized spacial score (nSPS) is 12.2. The van der Waals surface area contributed by atoms with Crippen LogP contribution in [0.15, 0.2) is 249 Å². The summed E-state index contributed by atoms with van der Waals surface area (Å²) in [5.74, 6) is 0. The van der Waals surface area contributed by atoms with Crippen LogP contribution in [0.1, 0.15) is 0 Å². The zero-order valence-electron chi connectivity index (χ0n) is 38.9. The lowest BCUT2D eigenvalue weighted by Gasteiger charge is -2.13. The van der Waals surface area contributed by atoms with E-state index in [4.69, 9.17) is 0 Å². The maximum absolute atomic E-state index is 2.49. The van der Waals surface area contributed by atoms with Gasteiger partial charge in [0.15, 0.2) is 0 Å². The molecule has 4 heteroatoms. The predicted octanol–water partition coefficient (Wildman–Crippen LogP) is 19.0. The first-order valence-electron chi connectivity index (χ1n) is 24.7. The van der Waals surface area contributed by atoms with Gasteiger partial charge in [-0.2, -0.15) is 0 Å². The third-order valence-corrected chi connectivity index (χ3v) is 16.6. The van der Waals surface area contributed by atoms with Gasteiger partial charge in [-0.25, -0.2) is 0 Å². The standard InChI is InChI=1S/C68H41N3S/c1-2-15-47(16-3-1)71-63-25-13-9-21-55(63)58-41-56(66-59-39-44(30-37-65(59)72-68(66)67(58)71)43-28-35-51-45(38-43)27-26-42-14-4-5-17-50(42)51)46-29-36-64-57(40-46)54-20-8-12-24-62(54)70(64)49-33-31-48(32-34-49)69-60-22-10-6-18-52(60)53-19-7-11-23-61(53)69/h1-41H. The number of rotatable bonds is 5. The monoisotopic (exact) mass is 931 g/mol. The highest BCUT2D eigenvalue weighted by Gasteiger charge is 2.23. The molecule has 3 nitrogen and oxygen atoms in total. The van der Waals surface area contributed by atoms with E-state index in [1.54, 1.807) is 0 Å². The summed E-state index contributed by atoms with van der Waals surface area (Å²) in [6.45, 7) is 0. The molecule has 0 radical (unpaired) electrons. The van der Waals surface area contributed by atoms with E-state index < -0.39 is 0 Å². The van der Waals surface area contributed by atoms with Gasteiger partial charge in [0.2, 0.25) is 0 Å². The van der Waals surface area contributed by atoms with E-state index in [-0.39, 0.29) is 0 Å². The van der Waals surface area contributed by atoms with Gasteiger partial charge in [-0.15, -0.1) is 11.3 Å². The topological polar surface area (TPSA) is 14.8 Å². The molecule has 0 N–H and O–H groups in total. The highest BCUT2D eigenvalue weighted by Crippen LogP contribution is 2.49. The van der Waals surface area contributed by atoms with Gasteiger partial charge < -0.3 is 13.7 Å². The molecule has 0 aliphatic rings. The molecule has 16 rings (SSSR count). The lowest BCUT2D eigenvalue weighted by atomic mass is 9.94. The fourth-order valence-electron chi connectivity index (χ4n) is 12.2. The van der Waals surface area contributed by atoms with E-state index in [1.165, 1.54) is 129 Å². The number of hydrogen-bond acceptors (Lipinski definition) is 1. The van der Waals surface area contributed by atoms with Crippen LogP contribution in [0.5, 0.6) is 0 Å². The molecule has 12 aromatic carbocycles. The van der Waals surface area contributed by atoms with Crippen LogP contribution in [0.2, 0.25) is 0 Å². The smallest absolute Gasteiger partial charge is 0.0720 e. The van der Waals surface area contributed by atoms with Gasteiger partial charge in [0.05, 0.1) is 37.8 Å². The van der Waals surface area contributed by atoms with Crippen LogP contribution in [-0.2, 0) is 0 Å². The second-order valence-electron chi connectivity index (χ2n) is 19.2. The molecular formula is C68H41N3S. The molecule has 0 saturated heterocycles. The maximum atomic E-state index is 2.49. The summed E-state index contributed by atoms with van der Waals surface area (Å²) in [4.78, 5) is 0. The Kier molecular flexibility index (Phi) is 8.33. The van der Waals surface area contributed by atoms with Gasteiger partial charge >= 0.3 is 0 Å². The minimum absolute atomic E-state index is 1.13. The SMILES string of the molecule is c1ccc(-n2c3ccccc3c3cc(-c4ccc5c(c4)c4ccccc4n5-c4ccc(-n5c6ccccc6c6ccccc65)cc4)c4c5cc(-c6ccc7c(ccc8ccccc87)c6)ccc5sc4c32)cc1. The van der Waals surface area contributed by atoms with Gasteiger partial charge in [-0.1, -0.05) is 152 Å². The molecular weight excluding hydrogens is 891 g/mol. The van der Waals surface area contributed by atoms with Gasteiger partial charge in [0, 0.05) is 64.9 Å². The molecule has 0 aliphatic carbocycles. The minimum Gasteiger partial charge on any atom is -0.309 e. The summed E-state index contributed by atoms with van der Waals surface area (Å²) in [5.41, 5.74) is 15.6. The van der Waals surface area contributed by atoms with Gasteiger partial charge in [-0.05, 0) is 141 Å². The number of benzene rings is 12. The number of aromatic nitrogens is 3. The third-order valence-electron chi connectivity index (χ3n) is 15.4. The second-order valence-corrected chi connectivity index (χ2v) is 20.3. The molecule has 4 heterocycles. The van der Waals surface area contributed by atoms with Gasteiger partial charge in [0.1, 0.15) is 0 Å². The van der Waals surface area contributed by atoms with Crippen LogP contribution < -0.4 is 0 Å². The fraction of sp³-hybridized carbons (Fsp3) is 0. The Balaban J connectivity index is 0.920. The van der Waals surface area contributed by atoms with E-state index in [0.717, 1.165) is 17.1 Å². The largest absolute Gasteiger partial charge is 0.309 e. The Morgan fingerprint density at radius 2 is 0.736 bits per heavy atom. The first-order valence-corrected chi connectivity index (χ1v) is 25.6. The average molecular weight is 932 g/mol. The van der Waals surface area contributed by atoms with Crippen LogP contribution in [0.4, 0.5) is 0 Å². The summed E-state index contributed by atoms with van der Waals surface area (Å²) < 4.78 is 9.90. The van der Waals surface area contributed by atoms with Crippen molar-refractivity contribution in [2.24, 2.45) is 0 Å². The second kappa shape index (κ2) is 15.1. The fourth-order valence-corrected chi connectivity index (χ4v) is 13.4. The molecule has 0 unspecified atom stereocenters. The maximum Gasteiger partial charge on any atom is 0.0720 e.